The maximum Gasteiger partial charge on any atom is 0.251 e. The predicted molar refractivity (Wildman–Crippen MR) is 84.7 cm³/mol. The lowest BCUT2D eigenvalue weighted by molar-refractivity contribution is 0.0940. The van der Waals surface area contributed by atoms with Gasteiger partial charge in [0.1, 0.15) is 5.75 Å². The molecule has 0 fully saturated rings. The largest absolute Gasteiger partial charge is 0.494 e. The second-order valence-electron chi connectivity index (χ2n) is 5.06. The van der Waals surface area contributed by atoms with Gasteiger partial charge in [-0.05, 0) is 50.6 Å². The minimum Gasteiger partial charge on any atom is -0.494 e. The second-order valence-corrected chi connectivity index (χ2v) is 5.06. The molecule has 1 N–H and O–H groups in total. The molecule has 0 spiro atoms. The van der Waals surface area contributed by atoms with Crippen molar-refractivity contribution in [2.45, 2.75) is 26.8 Å². The van der Waals surface area contributed by atoms with Gasteiger partial charge in [0.05, 0.1) is 12.6 Å². The molecule has 110 valence electrons. The van der Waals surface area contributed by atoms with Gasteiger partial charge in [-0.3, -0.25) is 4.79 Å². The van der Waals surface area contributed by atoms with Crippen molar-refractivity contribution >= 4 is 5.91 Å². The molecule has 0 radical (unpaired) electrons. The fourth-order valence-electron chi connectivity index (χ4n) is 2.09. The number of ether oxygens (including phenoxy) is 1. The van der Waals surface area contributed by atoms with Crippen molar-refractivity contribution in [3.8, 4) is 5.75 Å². The van der Waals surface area contributed by atoms with E-state index in [-0.39, 0.29) is 11.9 Å². The minimum atomic E-state index is -0.0589. The summed E-state index contributed by atoms with van der Waals surface area (Å²) in [6.07, 6.45) is 0. The standard InChI is InChI=1S/C18H21NO2/c1-4-21-17-11-9-15(10-12-17)14(3)19-18(20)16-7-5-13(2)6-8-16/h5-12,14H,4H2,1-3H3,(H,19,20). The average Bonchev–Trinajstić information content (AvgIpc) is 2.49. The molecule has 0 heterocycles. The van der Waals surface area contributed by atoms with Crippen molar-refractivity contribution in [1.29, 1.82) is 0 Å². The maximum absolute atomic E-state index is 12.2. The average molecular weight is 283 g/mol. The Labute approximate surface area is 126 Å². The highest BCUT2D eigenvalue weighted by atomic mass is 16.5. The Morgan fingerprint density at radius 1 is 1.10 bits per heavy atom. The first-order valence-electron chi connectivity index (χ1n) is 7.20. The van der Waals surface area contributed by atoms with Gasteiger partial charge in [0, 0.05) is 5.56 Å². The highest BCUT2D eigenvalue weighted by Crippen LogP contribution is 2.18. The zero-order valence-corrected chi connectivity index (χ0v) is 12.7. The monoisotopic (exact) mass is 283 g/mol. The van der Waals surface area contributed by atoms with Crippen molar-refractivity contribution in [2.75, 3.05) is 6.61 Å². The van der Waals surface area contributed by atoms with Gasteiger partial charge in [-0.25, -0.2) is 0 Å². The molecular formula is C18H21NO2. The number of carbonyl (C=O) groups is 1. The molecule has 0 saturated carbocycles. The Balaban J connectivity index is 2.01. The molecule has 0 bridgehead atoms. The Hall–Kier alpha value is -2.29. The van der Waals surface area contributed by atoms with Crippen molar-refractivity contribution in [2.24, 2.45) is 0 Å². The molecule has 0 saturated heterocycles. The van der Waals surface area contributed by atoms with Gasteiger partial charge in [0.25, 0.3) is 5.91 Å². The zero-order chi connectivity index (χ0) is 15.2. The van der Waals surface area contributed by atoms with E-state index in [1.807, 2.05) is 69.3 Å². The van der Waals surface area contributed by atoms with E-state index in [0.717, 1.165) is 16.9 Å². The summed E-state index contributed by atoms with van der Waals surface area (Å²) in [6, 6.07) is 15.3. The zero-order valence-electron chi connectivity index (χ0n) is 12.7. The lowest BCUT2D eigenvalue weighted by Gasteiger charge is -2.15. The number of rotatable bonds is 5. The first kappa shape index (κ1) is 15.1. The Bertz CT molecular complexity index is 588. The molecule has 1 amide bonds. The van der Waals surface area contributed by atoms with Gasteiger partial charge in [-0.15, -0.1) is 0 Å². The fraction of sp³-hybridized carbons (Fsp3) is 0.278. The first-order chi connectivity index (χ1) is 10.1. The van der Waals surface area contributed by atoms with Gasteiger partial charge in [-0.2, -0.15) is 0 Å². The molecule has 3 nitrogen and oxygen atoms in total. The molecule has 0 aliphatic rings. The van der Waals surface area contributed by atoms with Crippen LogP contribution in [0.4, 0.5) is 0 Å². The molecule has 2 aromatic carbocycles. The lowest BCUT2D eigenvalue weighted by Crippen LogP contribution is -2.26. The third kappa shape index (κ3) is 4.09. The van der Waals surface area contributed by atoms with Crippen LogP contribution in [0.15, 0.2) is 48.5 Å². The summed E-state index contributed by atoms with van der Waals surface area (Å²) in [4.78, 5) is 12.2. The molecule has 1 unspecified atom stereocenters. The molecular weight excluding hydrogens is 262 g/mol. The van der Waals surface area contributed by atoms with Crippen LogP contribution in [0.2, 0.25) is 0 Å². The van der Waals surface area contributed by atoms with Gasteiger partial charge in [-0.1, -0.05) is 29.8 Å². The van der Waals surface area contributed by atoms with E-state index in [1.165, 1.54) is 0 Å². The first-order valence-corrected chi connectivity index (χ1v) is 7.20. The summed E-state index contributed by atoms with van der Waals surface area (Å²) in [5, 5.41) is 3.00. The van der Waals surface area contributed by atoms with Crippen molar-refractivity contribution in [1.82, 2.24) is 5.32 Å². The normalized spacial score (nSPS) is 11.8. The van der Waals surface area contributed by atoms with Gasteiger partial charge in [0.15, 0.2) is 0 Å². The van der Waals surface area contributed by atoms with Gasteiger partial charge >= 0.3 is 0 Å². The molecule has 3 heteroatoms. The topological polar surface area (TPSA) is 38.3 Å². The highest BCUT2D eigenvalue weighted by Gasteiger charge is 2.11. The van der Waals surface area contributed by atoms with E-state index < -0.39 is 0 Å². The molecule has 0 aliphatic heterocycles. The van der Waals surface area contributed by atoms with Crippen LogP contribution in [0.25, 0.3) is 0 Å². The summed E-state index contributed by atoms with van der Waals surface area (Å²) in [6.45, 7) is 6.59. The lowest BCUT2D eigenvalue weighted by atomic mass is 10.1. The van der Waals surface area contributed by atoms with Crippen molar-refractivity contribution < 1.29 is 9.53 Å². The van der Waals surface area contributed by atoms with Gasteiger partial charge in [0.2, 0.25) is 0 Å². The van der Waals surface area contributed by atoms with E-state index in [4.69, 9.17) is 4.74 Å². The maximum atomic E-state index is 12.2. The van der Waals surface area contributed by atoms with Crippen LogP contribution in [-0.2, 0) is 0 Å². The highest BCUT2D eigenvalue weighted by molar-refractivity contribution is 5.94. The van der Waals surface area contributed by atoms with Crippen LogP contribution in [0.1, 0.15) is 41.4 Å². The van der Waals surface area contributed by atoms with Crippen LogP contribution in [-0.4, -0.2) is 12.5 Å². The van der Waals surface area contributed by atoms with Crippen LogP contribution in [0.3, 0.4) is 0 Å². The summed E-state index contributed by atoms with van der Waals surface area (Å²) in [5.41, 5.74) is 2.88. The van der Waals surface area contributed by atoms with E-state index in [2.05, 4.69) is 5.32 Å². The van der Waals surface area contributed by atoms with Crippen LogP contribution >= 0.6 is 0 Å². The third-order valence-electron chi connectivity index (χ3n) is 3.35. The summed E-state index contributed by atoms with van der Waals surface area (Å²) in [7, 11) is 0. The molecule has 2 rings (SSSR count). The van der Waals surface area contributed by atoms with Crippen molar-refractivity contribution in [3.63, 3.8) is 0 Å². The quantitative estimate of drug-likeness (QED) is 0.904. The van der Waals surface area contributed by atoms with Crippen LogP contribution in [0.5, 0.6) is 5.75 Å². The number of hydrogen-bond acceptors (Lipinski definition) is 2. The van der Waals surface area contributed by atoms with E-state index >= 15 is 0 Å². The minimum absolute atomic E-state index is 0.0468. The number of nitrogens with one attached hydrogen (secondary N) is 1. The number of aryl methyl sites for hydroxylation is 1. The second kappa shape index (κ2) is 6.93. The summed E-state index contributed by atoms with van der Waals surface area (Å²) >= 11 is 0. The molecule has 1 atom stereocenters. The molecule has 21 heavy (non-hydrogen) atoms. The molecule has 0 aromatic heterocycles. The smallest absolute Gasteiger partial charge is 0.251 e. The Morgan fingerprint density at radius 3 is 2.29 bits per heavy atom. The summed E-state index contributed by atoms with van der Waals surface area (Å²) in [5.74, 6) is 0.787. The number of carbonyl (C=O) groups excluding carboxylic acids is 1. The third-order valence-corrected chi connectivity index (χ3v) is 3.35. The molecule has 0 aliphatic carbocycles. The van der Waals surface area contributed by atoms with Crippen molar-refractivity contribution in [3.05, 3.63) is 65.2 Å². The Morgan fingerprint density at radius 2 is 1.71 bits per heavy atom. The fourth-order valence-corrected chi connectivity index (χ4v) is 2.09. The Kier molecular flexibility index (Phi) is 4.99. The SMILES string of the molecule is CCOc1ccc(C(C)NC(=O)c2ccc(C)cc2)cc1. The number of hydrogen-bond donors (Lipinski definition) is 1. The summed E-state index contributed by atoms with van der Waals surface area (Å²) < 4.78 is 5.41. The van der Waals surface area contributed by atoms with E-state index in [9.17, 15) is 4.79 Å². The van der Waals surface area contributed by atoms with Crippen LogP contribution < -0.4 is 10.1 Å². The van der Waals surface area contributed by atoms with Crippen LogP contribution in [0, 0.1) is 6.92 Å². The van der Waals surface area contributed by atoms with E-state index in [0.29, 0.717) is 12.2 Å². The predicted octanol–water partition coefficient (Wildman–Crippen LogP) is 3.88. The van der Waals surface area contributed by atoms with E-state index in [1.54, 1.807) is 0 Å². The number of amides is 1. The number of benzene rings is 2. The molecule has 2 aromatic rings. The van der Waals surface area contributed by atoms with Gasteiger partial charge < -0.3 is 10.1 Å².